The molecular formula is C20H18Ru2-4. The zero-order valence-electron chi connectivity index (χ0n) is 12.1. The van der Waals surface area contributed by atoms with Crippen molar-refractivity contribution in [1.82, 2.24) is 0 Å². The molecular weight excluding hydrogens is 442 g/mol. The second kappa shape index (κ2) is 13.3. The third kappa shape index (κ3) is 8.18. The Hall–Kier alpha value is -1.35. The van der Waals surface area contributed by atoms with Crippen molar-refractivity contribution in [3.63, 3.8) is 0 Å². The van der Waals surface area contributed by atoms with E-state index >= 15 is 0 Å². The molecule has 0 saturated heterocycles. The Labute approximate surface area is 158 Å². The normalized spacial score (nSPS) is 8.18. The zero-order valence-corrected chi connectivity index (χ0v) is 15.6. The second-order valence-electron chi connectivity index (χ2n) is 4.27. The van der Waals surface area contributed by atoms with Gasteiger partial charge in [-0.15, -0.1) is 0 Å². The summed E-state index contributed by atoms with van der Waals surface area (Å²) in [5, 5.41) is 0. The zero-order chi connectivity index (χ0) is 13.9. The topological polar surface area (TPSA) is 0 Å². The molecule has 4 rings (SSSR count). The number of hydrogen-bond acceptors (Lipinski definition) is 0. The summed E-state index contributed by atoms with van der Waals surface area (Å²) in [6.45, 7) is 0. The Morgan fingerprint density at radius 3 is 0.864 bits per heavy atom. The third-order valence-corrected chi connectivity index (χ3v) is 2.77. The molecule has 0 heterocycles. The van der Waals surface area contributed by atoms with Crippen molar-refractivity contribution < 1.29 is 39.0 Å². The molecule has 0 aliphatic carbocycles. The van der Waals surface area contributed by atoms with Gasteiger partial charge in [0, 0.05) is 39.0 Å². The van der Waals surface area contributed by atoms with Crippen LogP contribution in [0.2, 0.25) is 0 Å². The fraction of sp³-hybridized carbons (Fsp3) is 0. The predicted octanol–water partition coefficient (Wildman–Crippen LogP) is 5.60. The summed E-state index contributed by atoms with van der Waals surface area (Å²) in [7, 11) is 0. The van der Waals surface area contributed by atoms with Crippen molar-refractivity contribution in [1.29, 1.82) is 0 Å². The molecule has 22 heavy (non-hydrogen) atoms. The minimum Gasteiger partial charge on any atom is -0.214 e. The van der Waals surface area contributed by atoms with Gasteiger partial charge in [-0.05, 0) is 0 Å². The summed E-state index contributed by atoms with van der Waals surface area (Å²) in [6, 6.07) is 36.7. The van der Waals surface area contributed by atoms with Gasteiger partial charge in [0.2, 0.25) is 0 Å². The molecule has 4 aromatic rings. The monoisotopic (exact) mass is 462 g/mol. The molecule has 2 heteroatoms. The van der Waals surface area contributed by atoms with Crippen molar-refractivity contribution in [2.45, 2.75) is 0 Å². The van der Waals surface area contributed by atoms with E-state index in [4.69, 9.17) is 0 Å². The summed E-state index contributed by atoms with van der Waals surface area (Å²) < 4.78 is 0. The van der Waals surface area contributed by atoms with Gasteiger partial charge in [0.25, 0.3) is 0 Å². The third-order valence-electron chi connectivity index (χ3n) is 2.77. The van der Waals surface area contributed by atoms with Gasteiger partial charge in [-0.2, -0.15) is 96.1 Å². The van der Waals surface area contributed by atoms with E-state index in [1.807, 2.05) is 60.7 Å². The molecule has 118 valence electrons. The van der Waals surface area contributed by atoms with Crippen LogP contribution in [-0.2, 0) is 39.0 Å². The summed E-state index contributed by atoms with van der Waals surface area (Å²) >= 11 is 0. The van der Waals surface area contributed by atoms with E-state index in [1.54, 1.807) is 0 Å². The summed E-state index contributed by atoms with van der Waals surface area (Å²) in [5.41, 5.74) is 2.62. The Bertz CT molecular complexity index is 505. The van der Waals surface area contributed by atoms with E-state index < -0.39 is 0 Å². The van der Waals surface area contributed by atoms with E-state index in [9.17, 15) is 0 Å². The van der Waals surface area contributed by atoms with Gasteiger partial charge >= 0.3 is 0 Å². The van der Waals surface area contributed by atoms with Gasteiger partial charge in [0.05, 0.1) is 0 Å². The van der Waals surface area contributed by atoms with Crippen molar-refractivity contribution in [3.05, 3.63) is 109 Å². The van der Waals surface area contributed by atoms with Gasteiger partial charge in [0.1, 0.15) is 0 Å². The van der Waals surface area contributed by atoms with Crippen molar-refractivity contribution in [2.75, 3.05) is 0 Å². The van der Waals surface area contributed by atoms with Gasteiger partial charge in [-0.1, -0.05) is 0 Å². The van der Waals surface area contributed by atoms with Crippen LogP contribution in [0.5, 0.6) is 0 Å². The molecule has 0 atom stereocenters. The van der Waals surface area contributed by atoms with E-state index in [-0.39, 0.29) is 39.0 Å². The quantitative estimate of drug-likeness (QED) is 0.256. The van der Waals surface area contributed by atoms with Gasteiger partial charge < -0.3 is 0 Å². The molecule has 0 spiro atoms. The SMILES string of the molecule is [Ru].[Ru].c1cc[c-](-[c-]2cccc2)c1.c1cc[cH-]c1.c1cc[cH-]c1. The van der Waals surface area contributed by atoms with Crippen LogP contribution in [0.25, 0.3) is 11.1 Å². The van der Waals surface area contributed by atoms with E-state index in [1.165, 1.54) is 11.1 Å². The largest absolute Gasteiger partial charge is 0.214 e. The first-order valence-electron chi connectivity index (χ1n) is 6.74. The number of rotatable bonds is 1. The van der Waals surface area contributed by atoms with Crippen LogP contribution >= 0.6 is 0 Å². The molecule has 0 amide bonds. The molecule has 0 fully saturated rings. The summed E-state index contributed by atoms with van der Waals surface area (Å²) in [6.07, 6.45) is 0. The Kier molecular flexibility index (Phi) is 12.5. The molecule has 4 aromatic carbocycles. The van der Waals surface area contributed by atoms with Crippen LogP contribution in [-0.4, -0.2) is 0 Å². The number of hydrogen-bond donors (Lipinski definition) is 0. The minimum absolute atomic E-state index is 0. The van der Waals surface area contributed by atoms with Gasteiger partial charge in [-0.3, -0.25) is 0 Å². The molecule has 0 aromatic heterocycles. The van der Waals surface area contributed by atoms with Gasteiger partial charge in [0.15, 0.2) is 0 Å². The fourth-order valence-electron chi connectivity index (χ4n) is 1.77. The maximum Gasteiger partial charge on any atom is 0 e. The average Bonchev–Trinajstić information content (AvgIpc) is 3.35. The van der Waals surface area contributed by atoms with Crippen LogP contribution in [0.3, 0.4) is 0 Å². The van der Waals surface area contributed by atoms with E-state index in [0.717, 1.165) is 0 Å². The van der Waals surface area contributed by atoms with Crippen LogP contribution < -0.4 is 0 Å². The van der Waals surface area contributed by atoms with Crippen molar-refractivity contribution in [2.24, 2.45) is 0 Å². The maximum atomic E-state index is 2.12. The molecule has 0 radical (unpaired) electrons. The molecule has 0 saturated carbocycles. The maximum absolute atomic E-state index is 2.12. The first kappa shape index (κ1) is 20.6. The molecule has 0 aliphatic heterocycles. The average molecular weight is 461 g/mol. The summed E-state index contributed by atoms with van der Waals surface area (Å²) in [4.78, 5) is 0. The summed E-state index contributed by atoms with van der Waals surface area (Å²) in [5.74, 6) is 0. The van der Waals surface area contributed by atoms with Crippen molar-refractivity contribution >= 4 is 0 Å². The van der Waals surface area contributed by atoms with E-state index in [0.29, 0.717) is 0 Å². The van der Waals surface area contributed by atoms with Crippen LogP contribution in [0.4, 0.5) is 0 Å². The fourth-order valence-corrected chi connectivity index (χ4v) is 1.77. The predicted molar refractivity (Wildman–Crippen MR) is 87.1 cm³/mol. The van der Waals surface area contributed by atoms with Crippen LogP contribution in [0.15, 0.2) is 109 Å². The molecule has 0 aliphatic rings. The first-order chi connectivity index (χ1) is 9.97. The van der Waals surface area contributed by atoms with Crippen LogP contribution in [0, 0.1) is 0 Å². The Morgan fingerprint density at radius 1 is 0.409 bits per heavy atom. The Morgan fingerprint density at radius 2 is 0.682 bits per heavy atom. The van der Waals surface area contributed by atoms with Crippen LogP contribution in [0.1, 0.15) is 0 Å². The minimum atomic E-state index is 0. The van der Waals surface area contributed by atoms with Crippen molar-refractivity contribution in [3.8, 4) is 11.1 Å². The van der Waals surface area contributed by atoms with E-state index in [2.05, 4.69) is 48.5 Å². The molecule has 0 nitrogen and oxygen atoms in total. The molecule has 0 unspecified atom stereocenters. The molecule has 0 bridgehead atoms. The standard InChI is InChI=1S/C10H8.2C5H5.2Ru/c1-2-6-9(5-1)10-7-3-4-8-10;2*1-2-4-5-3-1;;/h1-8H;2*1-5H;;/q-2;2*-1;;. The second-order valence-corrected chi connectivity index (χ2v) is 4.27. The molecule has 0 N–H and O–H groups in total. The first-order valence-corrected chi connectivity index (χ1v) is 6.74. The Balaban J connectivity index is 0.000000316. The van der Waals surface area contributed by atoms with Gasteiger partial charge in [-0.25, -0.2) is 24.3 Å². The smallest absolute Gasteiger partial charge is 0 e.